The van der Waals surface area contributed by atoms with Crippen LogP contribution in [0.1, 0.15) is 57.4 Å². The van der Waals surface area contributed by atoms with Gasteiger partial charge in [0.1, 0.15) is 0 Å². The summed E-state index contributed by atoms with van der Waals surface area (Å²) in [6, 6.07) is 10.1. The number of unbranched alkanes of at least 4 members (excludes halogenated alkanes) is 4. The molecule has 0 aliphatic rings. The minimum absolute atomic E-state index is 0.245. The molecule has 1 rings (SSSR count). The third-order valence-corrected chi connectivity index (χ3v) is 3.47. The maximum Gasteiger partial charge on any atom is 0.221 e. The number of carbonyl (C=O) groups excluding carboxylic acids is 1. The molecule has 0 amide bonds. The van der Waals surface area contributed by atoms with E-state index in [0.29, 0.717) is 13.0 Å². The molecule has 0 radical (unpaired) electrons. The molecule has 0 bridgehead atoms. The van der Waals surface area contributed by atoms with Gasteiger partial charge in [0.05, 0.1) is 6.61 Å². The number of hydrogen-bond acceptors (Lipinski definition) is 2. The van der Waals surface area contributed by atoms with Crippen LogP contribution < -0.4 is 0 Å². The lowest BCUT2D eigenvalue weighted by molar-refractivity contribution is -0.111. The number of alkyl halides is 1. The standard InChI is InChI=1S/C13H17ClO2.C5H11Cl/c14-13(15)9-5-2-6-10-16-11-12-7-3-1-4-8-12;1-2-3-4-5-6/h1,3-4,7-8H,2,5-6,9-11H2;2-5H2,1H3. The molecule has 0 heterocycles. The fraction of sp³-hybridized carbons (Fsp3) is 0.611. The summed E-state index contributed by atoms with van der Waals surface area (Å²) in [5, 5.41) is -0.245. The minimum Gasteiger partial charge on any atom is -0.377 e. The molecule has 0 unspecified atom stereocenters. The number of hydrogen-bond donors (Lipinski definition) is 0. The second-order valence-electron chi connectivity index (χ2n) is 5.10. The monoisotopic (exact) mass is 346 g/mol. The van der Waals surface area contributed by atoms with Gasteiger partial charge in [-0.1, -0.05) is 56.5 Å². The average Bonchev–Trinajstić information content (AvgIpc) is 2.53. The predicted molar refractivity (Wildman–Crippen MR) is 95.7 cm³/mol. The molecule has 0 aliphatic heterocycles. The second kappa shape index (κ2) is 16.8. The van der Waals surface area contributed by atoms with Crippen LogP contribution in [0.15, 0.2) is 30.3 Å². The number of benzene rings is 1. The maximum atomic E-state index is 10.5. The van der Waals surface area contributed by atoms with Gasteiger partial charge in [-0.15, -0.1) is 11.6 Å². The zero-order chi connectivity index (χ0) is 16.5. The first-order valence-electron chi connectivity index (χ1n) is 8.06. The topological polar surface area (TPSA) is 26.3 Å². The van der Waals surface area contributed by atoms with Crippen LogP contribution in [-0.2, 0) is 16.1 Å². The number of halogens is 2. The Morgan fingerprint density at radius 1 is 1.05 bits per heavy atom. The molecule has 0 fully saturated rings. The predicted octanol–water partition coefficient (Wildman–Crippen LogP) is 5.94. The Labute approximate surface area is 145 Å². The van der Waals surface area contributed by atoms with Crippen molar-refractivity contribution < 1.29 is 9.53 Å². The summed E-state index contributed by atoms with van der Waals surface area (Å²) in [6.07, 6.45) is 7.04. The van der Waals surface area contributed by atoms with Gasteiger partial charge in [-0.3, -0.25) is 4.79 Å². The van der Waals surface area contributed by atoms with Gasteiger partial charge in [-0.25, -0.2) is 0 Å². The first-order valence-corrected chi connectivity index (χ1v) is 8.98. The van der Waals surface area contributed by atoms with Crippen molar-refractivity contribution in [1.82, 2.24) is 0 Å². The SMILES string of the molecule is CCCCCCl.O=C(Cl)CCCCCOCc1ccccc1. The molecular weight excluding hydrogens is 319 g/mol. The third kappa shape index (κ3) is 15.8. The Kier molecular flexibility index (Phi) is 16.4. The van der Waals surface area contributed by atoms with Crippen LogP contribution in [0.3, 0.4) is 0 Å². The van der Waals surface area contributed by atoms with Crippen molar-refractivity contribution >= 4 is 28.4 Å². The molecule has 2 nitrogen and oxygen atoms in total. The summed E-state index contributed by atoms with van der Waals surface area (Å²) in [5.74, 6) is 0.827. The molecule has 0 aromatic heterocycles. The molecule has 1 aromatic carbocycles. The molecule has 126 valence electrons. The quantitative estimate of drug-likeness (QED) is 0.281. The fourth-order valence-electron chi connectivity index (χ4n) is 1.75. The largest absolute Gasteiger partial charge is 0.377 e. The van der Waals surface area contributed by atoms with Gasteiger partial charge in [0.25, 0.3) is 0 Å². The van der Waals surface area contributed by atoms with E-state index in [1.165, 1.54) is 24.8 Å². The normalized spacial score (nSPS) is 9.95. The lowest BCUT2D eigenvalue weighted by atomic mass is 10.2. The van der Waals surface area contributed by atoms with Crippen molar-refractivity contribution in [2.75, 3.05) is 12.5 Å². The van der Waals surface area contributed by atoms with Gasteiger partial charge in [0.2, 0.25) is 5.24 Å². The molecule has 0 spiro atoms. The van der Waals surface area contributed by atoms with E-state index in [4.69, 9.17) is 27.9 Å². The van der Waals surface area contributed by atoms with E-state index >= 15 is 0 Å². The zero-order valence-corrected chi connectivity index (χ0v) is 15.0. The third-order valence-electron chi connectivity index (χ3n) is 3.01. The van der Waals surface area contributed by atoms with Crippen molar-refractivity contribution in [3.05, 3.63) is 35.9 Å². The molecule has 4 heteroatoms. The van der Waals surface area contributed by atoms with E-state index in [1.54, 1.807) is 0 Å². The van der Waals surface area contributed by atoms with Crippen LogP contribution in [0.5, 0.6) is 0 Å². The highest BCUT2D eigenvalue weighted by Crippen LogP contribution is 2.05. The Bertz CT molecular complexity index is 351. The van der Waals surface area contributed by atoms with Crippen molar-refractivity contribution in [1.29, 1.82) is 0 Å². The van der Waals surface area contributed by atoms with E-state index in [0.717, 1.165) is 31.7 Å². The molecule has 1 aromatic rings. The molecular formula is C18H28Cl2O2. The highest BCUT2D eigenvalue weighted by Gasteiger charge is 1.96. The number of carbonyl (C=O) groups is 1. The van der Waals surface area contributed by atoms with Crippen LogP contribution in [0, 0.1) is 0 Å². The van der Waals surface area contributed by atoms with Crippen molar-refractivity contribution in [2.24, 2.45) is 0 Å². The van der Waals surface area contributed by atoms with E-state index in [2.05, 4.69) is 6.92 Å². The van der Waals surface area contributed by atoms with Gasteiger partial charge in [0.15, 0.2) is 0 Å². The first kappa shape index (κ1) is 21.4. The Morgan fingerprint density at radius 3 is 2.32 bits per heavy atom. The number of ether oxygens (including phenoxy) is 1. The van der Waals surface area contributed by atoms with Gasteiger partial charge >= 0.3 is 0 Å². The van der Waals surface area contributed by atoms with Crippen molar-refractivity contribution in [3.8, 4) is 0 Å². The van der Waals surface area contributed by atoms with Crippen LogP contribution >= 0.6 is 23.2 Å². The summed E-state index contributed by atoms with van der Waals surface area (Å²) in [4.78, 5) is 10.5. The van der Waals surface area contributed by atoms with Gasteiger partial charge in [-0.2, -0.15) is 0 Å². The lowest BCUT2D eigenvalue weighted by Crippen LogP contribution is -1.96. The first-order chi connectivity index (χ1) is 10.7. The van der Waals surface area contributed by atoms with Crippen molar-refractivity contribution in [2.45, 2.75) is 58.5 Å². The molecule has 22 heavy (non-hydrogen) atoms. The van der Waals surface area contributed by atoms with Crippen molar-refractivity contribution in [3.63, 3.8) is 0 Å². The highest BCUT2D eigenvalue weighted by molar-refractivity contribution is 6.63. The lowest BCUT2D eigenvalue weighted by Gasteiger charge is -2.03. The van der Waals surface area contributed by atoms with E-state index in [9.17, 15) is 4.79 Å². The average molecular weight is 347 g/mol. The molecule has 0 atom stereocenters. The van der Waals surface area contributed by atoms with Crippen LogP contribution in [0.25, 0.3) is 0 Å². The summed E-state index contributed by atoms with van der Waals surface area (Å²) >= 11 is 10.6. The molecule has 0 saturated heterocycles. The van der Waals surface area contributed by atoms with Crippen LogP contribution in [0.4, 0.5) is 0 Å². The molecule has 0 aliphatic carbocycles. The smallest absolute Gasteiger partial charge is 0.221 e. The molecule has 0 N–H and O–H groups in total. The minimum atomic E-state index is -0.245. The van der Waals surface area contributed by atoms with E-state index in [1.807, 2.05) is 30.3 Å². The van der Waals surface area contributed by atoms with E-state index in [-0.39, 0.29) is 5.24 Å². The number of rotatable bonds is 11. The molecule has 0 saturated carbocycles. The zero-order valence-electron chi connectivity index (χ0n) is 13.5. The Hall–Kier alpha value is -0.570. The summed E-state index contributed by atoms with van der Waals surface area (Å²) in [7, 11) is 0. The fourth-order valence-corrected chi connectivity index (χ4v) is 2.08. The Balaban J connectivity index is 0.000000626. The maximum absolute atomic E-state index is 10.5. The highest BCUT2D eigenvalue weighted by atomic mass is 35.5. The van der Waals surface area contributed by atoms with E-state index < -0.39 is 0 Å². The van der Waals surface area contributed by atoms with Crippen LogP contribution in [0.2, 0.25) is 0 Å². The van der Waals surface area contributed by atoms with Gasteiger partial charge in [-0.05, 0) is 36.4 Å². The van der Waals surface area contributed by atoms with Gasteiger partial charge < -0.3 is 4.74 Å². The summed E-state index contributed by atoms with van der Waals surface area (Å²) in [6.45, 7) is 3.58. The van der Waals surface area contributed by atoms with Crippen LogP contribution in [-0.4, -0.2) is 17.7 Å². The second-order valence-corrected chi connectivity index (χ2v) is 5.90. The van der Waals surface area contributed by atoms with Gasteiger partial charge in [0, 0.05) is 18.9 Å². The summed E-state index contributed by atoms with van der Waals surface area (Å²) < 4.78 is 5.51. The summed E-state index contributed by atoms with van der Waals surface area (Å²) in [5.41, 5.74) is 1.19. The Morgan fingerprint density at radius 2 is 1.77 bits per heavy atom.